The molecule has 2 amide bonds. The van der Waals surface area contributed by atoms with E-state index in [4.69, 9.17) is 0 Å². The molecule has 0 unspecified atom stereocenters. The number of aromatic nitrogens is 1. The minimum Gasteiger partial charge on any atom is -0.288 e. The van der Waals surface area contributed by atoms with Crippen LogP contribution in [0.25, 0.3) is 11.6 Å². The highest BCUT2D eigenvalue weighted by Gasteiger charge is 2.26. The van der Waals surface area contributed by atoms with E-state index in [1.807, 2.05) is 12.1 Å². The van der Waals surface area contributed by atoms with Gasteiger partial charge in [0, 0.05) is 23.5 Å². The molecule has 1 N–H and O–H groups in total. The lowest BCUT2D eigenvalue weighted by Gasteiger charge is -2.17. The van der Waals surface area contributed by atoms with E-state index in [0.29, 0.717) is 16.7 Å². The third-order valence-corrected chi connectivity index (χ3v) is 2.93. The Morgan fingerprint density at radius 2 is 1.74 bits per heavy atom. The maximum Gasteiger partial charge on any atom is 0.258 e. The molecule has 0 spiro atoms. The zero-order valence-electron chi connectivity index (χ0n) is 9.96. The van der Waals surface area contributed by atoms with Gasteiger partial charge in [-0.25, -0.2) is 0 Å². The lowest BCUT2D eigenvalue weighted by Crippen LogP contribution is -2.36. The predicted molar refractivity (Wildman–Crippen MR) is 71.0 cm³/mol. The molecule has 0 fully saturated rings. The maximum absolute atomic E-state index is 12.0. The summed E-state index contributed by atoms with van der Waals surface area (Å²) in [6.45, 7) is 0. The third kappa shape index (κ3) is 2.04. The Balaban J connectivity index is 2.16. The average Bonchev–Trinajstić information content (AvgIpc) is 2.45. The number of nitrogens with zero attached hydrogens (tertiary/aromatic N) is 1. The highest BCUT2D eigenvalue weighted by molar-refractivity contribution is 6.33. The molecule has 0 atom stereocenters. The normalized spacial score (nSPS) is 16.1. The van der Waals surface area contributed by atoms with E-state index < -0.39 is 0 Å². The van der Waals surface area contributed by atoms with Crippen LogP contribution in [0.3, 0.4) is 0 Å². The van der Waals surface area contributed by atoms with E-state index in [1.54, 1.807) is 42.7 Å². The molecule has 4 nitrogen and oxygen atoms in total. The Kier molecular flexibility index (Phi) is 2.68. The molecule has 3 rings (SSSR count). The minimum absolute atomic E-state index is 0.357. The van der Waals surface area contributed by atoms with Gasteiger partial charge in [0.15, 0.2) is 0 Å². The van der Waals surface area contributed by atoms with E-state index in [0.717, 1.165) is 5.56 Å². The molecular formula is C15H10N2O2. The lowest BCUT2D eigenvalue weighted by atomic mass is 9.94. The average molecular weight is 250 g/mol. The molecule has 0 radical (unpaired) electrons. The second-order valence-electron chi connectivity index (χ2n) is 4.17. The first-order valence-electron chi connectivity index (χ1n) is 5.82. The van der Waals surface area contributed by atoms with Gasteiger partial charge >= 0.3 is 0 Å². The van der Waals surface area contributed by atoms with Crippen LogP contribution in [-0.4, -0.2) is 16.8 Å². The van der Waals surface area contributed by atoms with Crippen molar-refractivity contribution in [3.05, 3.63) is 65.5 Å². The standard InChI is InChI=1S/C15H10N2O2/c18-14-12-6-2-1-5-11(12)13(15(19)17-14)8-10-4-3-7-16-9-10/h1-9H,(H,17,18,19)/b13-8+. The van der Waals surface area contributed by atoms with Crippen molar-refractivity contribution >= 4 is 23.5 Å². The van der Waals surface area contributed by atoms with E-state index in [-0.39, 0.29) is 11.8 Å². The molecule has 19 heavy (non-hydrogen) atoms. The molecular weight excluding hydrogens is 240 g/mol. The number of pyridine rings is 1. The van der Waals surface area contributed by atoms with E-state index >= 15 is 0 Å². The van der Waals surface area contributed by atoms with Crippen LogP contribution in [0.5, 0.6) is 0 Å². The Hall–Kier alpha value is -2.75. The van der Waals surface area contributed by atoms with E-state index in [9.17, 15) is 9.59 Å². The largest absolute Gasteiger partial charge is 0.288 e. The van der Waals surface area contributed by atoms with Crippen LogP contribution < -0.4 is 5.32 Å². The van der Waals surface area contributed by atoms with E-state index in [1.165, 1.54) is 0 Å². The van der Waals surface area contributed by atoms with Gasteiger partial charge in [-0.15, -0.1) is 0 Å². The van der Waals surface area contributed by atoms with Crippen molar-refractivity contribution < 1.29 is 9.59 Å². The Labute approximate surface area is 109 Å². The molecule has 1 aromatic heterocycles. The van der Waals surface area contributed by atoms with Gasteiger partial charge in [0.05, 0.1) is 0 Å². The van der Waals surface area contributed by atoms with Crippen molar-refractivity contribution in [2.24, 2.45) is 0 Å². The summed E-state index contributed by atoms with van der Waals surface area (Å²) in [6, 6.07) is 10.7. The van der Waals surface area contributed by atoms with Crippen molar-refractivity contribution in [1.82, 2.24) is 10.3 Å². The molecule has 0 saturated carbocycles. The highest BCUT2D eigenvalue weighted by Crippen LogP contribution is 2.25. The zero-order chi connectivity index (χ0) is 13.2. The van der Waals surface area contributed by atoms with Crippen LogP contribution >= 0.6 is 0 Å². The molecule has 1 aromatic carbocycles. The Morgan fingerprint density at radius 3 is 2.47 bits per heavy atom. The Morgan fingerprint density at radius 1 is 0.947 bits per heavy atom. The molecule has 0 bridgehead atoms. The van der Waals surface area contributed by atoms with Gasteiger partial charge in [-0.05, 0) is 29.3 Å². The zero-order valence-corrected chi connectivity index (χ0v) is 9.96. The first-order chi connectivity index (χ1) is 9.25. The van der Waals surface area contributed by atoms with Crippen LogP contribution in [-0.2, 0) is 4.79 Å². The number of rotatable bonds is 1. The molecule has 4 heteroatoms. The predicted octanol–water partition coefficient (Wildman–Crippen LogP) is 1.89. The molecule has 2 aromatic rings. The van der Waals surface area contributed by atoms with Crippen molar-refractivity contribution in [2.75, 3.05) is 0 Å². The van der Waals surface area contributed by atoms with Gasteiger partial charge in [-0.1, -0.05) is 24.3 Å². The number of hydrogen-bond donors (Lipinski definition) is 1. The smallest absolute Gasteiger partial charge is 0.258 e. The summed E-state index contributed by atoms with van der Waals surface area (Å²) in [5.41, 5.74) is 2.46. The van der Waals surface area contributed by atoms with Crippen LogP contribution in [0.15, 0.2) is 48.8 Å². The topological polar surface area (TPSA) is 59.1 Å². The second kappa shape index (κ2) is 4.49. The van der Waals surface area contributed by atoms with Gasteiger partial charge in [-0.2, -0.15) is 0 Å². The monoisotopic (exact) mass is 250 g/mol. The first-order valence-corrected chi connectivity index (χ1v) is 5.82. The number of amides is 2. The molecule has 1 aliphatic heterocycles. The van der Waals surface area contributed by atoms with Gasteiger partial charge in [-0.3, -0.25) is 19.9 Å². The number of carbonyl (C=O) groups is 2. The van der Waals surface area contributed by atoms with Gasteiger partial charge < -0.3 is 0 Å². The van der Waals surface area contributed by atoms with Crippen molar-refractivity contribution in [3.63, 3.8) is 0 Å². The first kappa shape index (κ1) is 11.3. The lowest BCUT2D eigenvalue weighted by molar-refractivity contribution is -0.114. The Bertz CT molecular complexity index is 690. The van der Waals surface area contributed by atoms with Crippen molar-refractivity contribution in [2.45, 2.75) is 0 Å². The molecule has 0 aliphatic carbocycles. The molecule has 1 aliphatic rings. The number of imide groups is 1. The summed E-state index contributed by atoms with van der Waals surface area (Å²) in [5, 5.41) is 2.34. The summed E-state index contributed by atoms with van der Waals surface area (Å²) < 4.78 is 0. The quantitative estimate of drug-likeness (QED) is 0.621. The third-order valence-electron chi connectivity index (χ3n) is 2.93. The summed E-state index contributed by atoms with van der Waals surface area (Å²) in [7, 11) is 0. The fraction of sp³-hybridized carbons (Fsp3) is 0. The summed E-state index contributed by atoms with van der Waals surface area (Å²) in [4.78, 5) is 27.7. The van der Waals surface area contributed by atoms with Crippen LogP contribution in [0.4, 0.5) is 0 Å². The maximum atomic E-state index is 12.0. The number of benzene rings is 1. The second-order valence-corrected chi connectivity index (χ2v) is 4.17. The van der Waals surface area contributed by atoms with Gasteiger partial charge in [0.2, 0.25) is 0 Å². The number of nitrogens with one attached hydrogen (secondary N) is 1. The summed E-state index contributed by atoms with van der Waals surface area (Å²) in [5.74, 6) is -0.739. The number of hydrogen-bond acceptors (Lipinski definition) is 3. The molecule has 2 heterocycles. The summed E-state index contributed by atoms with van der Waals surface area (Å²) >= 11 is 0. The van der Waals surface area contributed by atoms with Crippen LogP contribution in [0.1, 0.15) is 21.5 Å². The van der Waals surface area contributed by atoms with Crippen molar-refractivity contribution in [1.29, 1.82) is 0 Å². The number of carbonyl (C=O) groups excluding carboxylic acids is 2. The van der Waals surface area contributed by atoms with Crippen LogP contribution in [0.2, 0.25) is 0 Å². The SMILES string of the molecule is O=C1NC(=O)c2ccccc2/C1=C\c1cccnc1. The van der Waals surface area contributed by atoms with Gasteiger partial charge in [0.1, 0.15) is 0 Å². The fourth-order valence-electron chi connectivity index (χ4n) is 2.05. The molecule has 0 saturated heterocycles. The van der Waals surface area contributed by atoms with E-state index in [2.05, 4.69) is 10.3 Å². The fourth-order valence-corrected chi connectivity index (χ4v) is 2.05. The molecule has 92 valence electrons. The van der Waals surface area contributed by atoms with Crippen LogP contribution in [0, 0.1) is 0 Å². The highest BCUT2D eigenvalue weighted by atomic mass is 16.2. The summed E-state index contributed by atoms with van der Waals surface area (Å²) in [6.07, 6.45) is 5.06. The van der Waals surface area contributed by atoms with Crippen molar-refractivity contribution in [3.8, 4) is 0 Å². The number of fused-ring (bicyclic) bond motifs is 1. The minimum atomic E-state index is -0.382. The van der Waals surface area contributed by atoms with Gasteiger partial charge in [0.25, 0.3) is 11.8 Å².